The third-order valence-electron chi connectivity index (χ3n) is 6.63. The number of benzene rings is 3. The number of ether oxygens (including phenoxy) is 1. The molecule has 0 radical (unpaired) electrons. The molecule has 1 aliphatic rings. The molecule has 3 aromatic carbocycles. The molecule has 2 heterocycles. The maximum Gasteiger partial charge on any atom is 0.243 e. The summed E-state index contributed by atoms with van der Waals surface area (Å²) in [6, 6.07) is 20.3. The van der Waals surface area contributed by atoms with E-state index in [4.69, 9.17) is 14.7 Å². The zero-order valence-corrected chi connectivity index (χ0v) is 21.5. The number of para-hydroxylation sites is 3. The Hall–Kier alpha value is -3.60. The van der Waals surface area contributed by atoms with Gasteiger partial charge >= 0.3 is 0 Å². The minimum atomic E-state index is -3.68. The molecule has 1 atom stereocenters. The monoisotopic (exact) mass is 521 g/mol. The van der Waals surface area contributed by atoms with Gasteiger partial charge < -0.3 is 10.1 Å². The molecule has 0 aliphatic carbocycles. The normalized spacial score (nSPS) is 16.0. The van der Waals surface area contributed by atoms with Crippen molar-refractivity contribution in [2.45, 2.75) is 17.9 Å². The summed E-state index contributed by atoms with van der Waals surface area (Å²) in [6.45, 7) is 3.72. The first-order valence-corrected chi connectivity index (χ1v) is 13.5. The molecule has 0 saturated carbocycles. The van der Waals surface area contributed by atoms with Gasteiger partial charge in [0.15, 0.2) is 0 Å². The van der Waals surface area contributed by atoms with Gasteiger partial charge in [-0.15, -0.1) is 0 Å². The van der Waals surface area contributed by atoms with E-state index in [1.807, 2.05) is 55.5 Å². The molecule has 192 valence electrons. The fraction of sp³-hybridized carbons (Fsp3) is 0.259. The lowest BCUT2D eigenvalue weighted by Crippen LogP contribution is -2.49. The molecule has 10 heteroatoms. The summed E-state index contributed by atoms with van der Waals surface area (Å²) >= 11 is 0. The molecule has 37 heavy (non-hydrogen) atoms. The summed E-state index contributed by atoms with van der Waals surface area (Å²) in [6.07, 6.45) is 0. The summed E-state index contributed by atoms with van der Waals surface area (Å²) in [4.78, 5) is 12.0. The van der Waals surface area contributed by atoms with Crippen LogP contribution in [0, 0.1) is 5.82 Å². The number of hydrogen-bond donors (Lipinski definition) is 1. The van der Waals surface area contributed by atoms with Crippen LogP contribution in [-0.4, -0.2) is 60.9 Å². The number of rotatable bonds is 7. The van der Waals surface area contributed by atoms with Crippen LogP contribution in [0.1, 0.15) is 18.8 Å². The van der Waals surface area contributed by atoms with Crippen LogP contribution in [0.15, 0.2) is 77.7 Å². The first kappa shape index (κ1) is 25.1. The lowest BCUT2D eigenvalue weighted by molar-refractivity contribution is 0.141. The molecule has 5 rings (SSSR count). The fourth-order valence-electron chi connectivity index (χ4n) is 4.50. The van der Waals surface area contributed by atoms with Crippen molar-refractivity contribution in [3.8, 4) is 5.75 Å². The van der Waals surface area contributed by atoms with Crippen molar-refractivity contribution in [2.24, 2.45) is 0 Å². The molecule has 1 aliphatic heterocycles. The standard InChI is InChI=1S/C27H28FN5O3S/c1-19(32-15-17-33(18-16-32)37(34,35)21-13-11-20(28)12-14-21)26-29-23-8-4-3-7-22(23)27(31-26)30-24-9-5-6-10-25(24)36-2/h3-14,19H,15-18H2,1-2H3,(H,29,30,31)/t19-/m1/s1. The molecular formula is C27H28FN5O3S. The SMILES string of the molecule is COc1ccccc1Nc1nc([C@@H](C)N2CCN(S(=O)(=O)c3ccc(F)cc3)CC2)nc2ccccc12. The third-order valence-corrected chi connectivity index (χ3v) is 8.54. The molecule has 8 nitrogen and oxygen atoms in total. The van der Waals surface area contributed by atoms with Crippen molar-refractivity contribution in [1.29, 1.82) is 0 Å². The first-order valence-electron chi connectivity index (χ1n) is 12.0. The van der Waals surface area contributed by atoms with Crippen LogP contribution in [0.25, 0.3) is 10.9 Å². The number of anilines is 2. The molecule has 0 amide bonds. The van der Waals surface area contributed by atoms with Crippen molar-refractivity contribution in [2.75, 3.05) is 38.6 Å². The van der Waals surface area contributed by atoms with Gasteiger partial charge in [-0.2, -0.15) is 4.31 Å². The van der Waals surface area contributed by atoms with Gasteiger partial charge in [0.1, 0.15) is 23.2 Å². The van der Waals surface area contributed by atoms with Crippen LogP contribution in [0.3, 0.4) is 0 Å². The molecule has 1 fully saturated rings. The lowest BCUT2D eigenvalue weighted by Gasteiger charge is -2.36. The summed E-state index contributed by atoms with van der Waals surface area (Å²) in [5, 5.41) is 4.29. The van der Waals surface area contributed by atoms with Gasteiger partial charge in [0, 0.05) is 31.6 Å². The van der Waals surface area contributed by atoms with Crippen LogP contribution < -0.4 is 10.1 Å². The molecule has 0 bridgehead atoms. The van der Waals surface area contributed by atoms with Crippen molar-refractivity contribution in [1.82, 2.24) is 19.2 Å². The second kappa shape index (κ2) is 10.4. The van der Waals surface area contributed by atoms with Gasteiger partial charge in [0.05, 0.1) is 29.3 Å². The van der Waals surface area contributed by atoms with E-state index in [9.17, 15) is 12.8 Å². The Labute approximate surface area is 215 Å². The van der Waals surface area contributed by atoms with E-state index in [2.05, 4.69) is 10.2 Å². The van der Waals surface area contributed by atoms with Gasteiger partial charge in [0.25, 0.3) is 0 Å². The summed E-state index contributed by atoms with van der Waals surface area (Å²) < 4.78 is 46.2. The summed E-state index contributed by atoms with van der Waals surface area (Å²) in [7, 11) is -2.06. The Morgan fingerprint density at radius 3 is 2.32 bits per heavy atom. The Kier molecular flexibility index (Phi) is 7.05. The summed E-state index contributed by atoms with van der Waals surface area (Å²) in [5.74, 6) is 1.56. The number of aromatic nitrogens is 2. The topological polar surface area (TPSA) is 87.7 Å². The largest absolute Gasteiger partial charge is 0.495 e. The number of halogens is 1. The molecular weight excluding hydrogens is 493 g/mol. The molecule has 1 aromatic heterocycles. The molecule has 0 spiro atoms. The second-order valence-electron chi connectivity index (χ2n) is 8.84. The summed E-state index contributed by atoms with van der Waals surface area (Å²) in [5.41, 5.74) is 1.61. The second-order valence-corrected chi connectivity index (χ2v) is 10.8. The number of piperazine rings is 1. The van der Waals surface area contributed by atoms with E-state index in [-0.39, 0.29) is 10.9 Å². The first-order chi connectivity index (χ1) is 17.9. The Morgan fingerprint density at radius 1 is 0.919 bits per heavy atom. The smallest absolute Gasteiger partial charge is 0.243 e. The number of fused-ring (bicyclic) bond motifs is 1. The Balaban J connectivity index is 1.37. The fourth-order valence-corrected chi connectivity index (χ4v) is 5.92. The van der Waals surface area contributed by atoms with Crippen LogP contribution in [0.4, 0.5) is 15.9 Å². The quantitative estimate of drug-likeness (QED) is 0.381. The number of methoxy groups -OCH3 is 1. The Morgan fingerprint density at radius 2 is 1.59 bits per heavy atom. The van der Waals surface area contributed by atoms with E-state index >= 15 is 0 Å². The highest BCUT2D eigenvalue weighted by molar-refractivity contribution is 7.89. The zero-order chi connectivity index (χ0) is 26.0. The van der Waals surface area contributed by atoms with E-state index < -0.39 is 15.8 Å². The highest BCUT2D eigenvalue weighted by Crippen LogP contribution is 2.31. The van der Waals surface area contributed by atoms with Crippen molar-refractivity contribution < 1.29 is 17.5 Å². The highest BCUT2D eigenvalue weighted by atomic mass is 32.2. The Bertz CT molecular complexity index is 1510. The molecule has 1 N–H and O–H groups in total. The van der Waals surface area contributed by atoms with E-state index in [0.29, 0.717) is 43.6 Å². The number of nitrogens with one attached hydrogen (secondary N) is 1. The van der Waals surface area contributed by atoms with Crippen LogP contribution >= 0.6 is 0 Å². The maximum atomic E-state index is 13.3. The molecule has 0 unspecified atom stereocenters. The van der Waals surface area contributed by atoms with Gasteiger partial charge in [-0.25, -0.2) is 22.8 Å². The highest BCUT2D eigenvalue weighted by Gasteiger charge is 2.31. The number of nitrogens with zero attached hydrogens (tertiary/aromatic N) is 4. The average Bonchev–Trinajstić information content (AvgIpc) is 2.93. The van der Waals surface area contributed by atoms with E-state index in [1.54, 1.807) is 7.11 Å². The van der Waals surface area contributed by atoms with Crippen LogP contribution in [0.2, 0.25) is 0 Å². The van der Waals surface area contributed by atoms with Gasteiger partial charge in [-0.1, -0.05) is 24.3 Å². The van der Waals surface area contributed by atoms with Crippen molar-refractivity contribution in [3.63, 3.8) is 0 Å². The van der Waals surface area contributed by atoms with E-state index in [0.717, 1.165) is 16.6 Å². The zero-order valence-electron chi connectivity index (χ0n) is 20.6. The predicted octanol–water partition coefficient (Wildman–Crippen LogP) is 4.59. The number of sulfonamides is 1. The number of hydrogen-bond acceptors (Lipinski definition) is 7. The maximum absolute atomic E-state index is 13.3. The average molecular weight is 522 g/mol. The van der Waals surface area contributed by atoms with Crippen LogP contribution in [0.5, 0.6) is 5.75 Å². The lowest BCUT2D eigenvalue weighted by atomic mass is 10.2. The molecule has 1 saturated heterocycles. The van der Waals surface area contributed by atoms with Gasteiger partial charge in [0.2, 0.25) is 10.0 Å². The third kappa shape index (κ3) is 5.13. The van der Waals surface area contributed by atoms with Crippen LogP contribution in [-0.2, 0) is 10.0 Å². The predicted molar refractivity (Wildman–Crippen MR) is 141 cm³/mol. The van der Waals surface area contributed by atoms with Gasteiger partial charge in [-0.3, -0.25) is 4.90 Å². The minimum Gasteiger partial charge on any atom is -0.495 e. The van der Waals surface area contributed by atoms with Crippen molar-refractivity contribution in [3.05, 3.63) is 84.4 Å². The minimum absolute atomic E-state index is 0.0975. The van der Waals surface area contributed by atoms with Gasteiger partial charge in [-0.05, 0) is 55.5 Å². The van der Waals surface area contributed by atoms with Crippen molar-refractivity contribution >= 4 is 32.4 Å². The van der Waals surface area contributed by atoms with E-state index in [1.165, 1.54) is 28.6 Å². The molecule has 4 aromatic rings.